The summed E-state index contributed by atoms with van der Waals surface area (Å²) in [6.07, 6.45) is 2.06. The van der Waals surface area contributed by atoms with Gasteiger partial charge in [-0.25, -0.2) is 0 Å². The van der Waals surface area contributed by atoms with Gasteiger partial charge in [0.15, 0.2) is 0 Å². The smallest absolute Gasteiger partial charge is 0.400 e. The van der Waals surface area contributed by atoms with Crippen molar-refractivity contribution in [3.05, 3.63) is 47.4 Å². The SMILES string of the molecule is CC1(C)OB(C(=Cc2cccc3c(N)cccc23)CN)OC1(C)C. The summed E-state index contributed by atoms with van der Waals surface area (Å²) in [6.45, 7) is 8.54. The molecule has 1 aliphatic rings. The second-order valence-corrected chi connectivity index (χ2v) is 7.30. The first kappa shape index (κ1) is 17.0. The van der Waals surface area contributed by atoms with Gasteiger partial charge in [-0.1, -0.05) is 36.4 Å². The summed E-state index contributed by atoms with van der Waals surface area (Å²) >= 11 is 0. The minimum Gasteiger partial charge on any atom is -0.400 e. The zero-order valence-corrected chi connectivity index (χ0v) is 14.8. The molecule has 5 heteroatoms. The molecule has 1 aliphatic heterocycles. The highest BCUT2D eigenvalue weighted by atomic mass is 16.7. The first-order valence-corrected chi connectivity index (χ1v) is 8.28. The Balaban J connectivity index is 2.03. The van der Waals surface area contributed by atoms with E-state index in [9.17, 15) is 0 Å². The van der Waals surface area contributed by atoms with E-state index in [2.05, 4.69) is 18.2 Å². The second kappa shape index (κ2) is 5.92. The third-order valence-corrected chi connectivity index (χ3v) is 5.12. The summed E-state index contributed by atoms with van der Waals surface area (Å²) in [5.74, 6) is 0. The zero-order chi connectivity index (χ0) is 17.5. The standard InChI is InChI=1S/C19H25BN2O2/c1-18(2)19(3,4)24-20(23-18)14(12-21)11-13-7-5-9-16-15(13)8-6-10-17(16)22/h5-11H,12,21-22H2,1-4H3. The maximum Gasteiger partial charge on any atom is 0.491 e. The van der Waals surface area contributed by atoms with Crippen LogP contribution in [-0.2, 0) is 9.31 Å². The molecule has 0 aromatic heterocycles. The number of rotatable bonds is 3. The van der Waals surface area contributed by atoms with E-state index in [0.29, 0.717) is 6.54 Å². The number of benzene rings is 2. The molecule has 1 saturated heterocycles. The highest BCUT2D eigenvalue weighted by Gasteiger charge is 2.52. The molecule has 0 spiro atoms. The topological polar surface area (TPSA) is 70.5 Å². The lowest BCUT2D eigenvalue weighted by Crippen LogP contribution is -2.41. The van der Waals surface area contributed by atoms with Crippen molar-refractivity contribution in [3.8, 4) is 0 Å². The molecule has 0 unspecified atom stereocenters. The molecule has 1 fully saturated rings. The number of hydrogen-bond acceptors (Lipinski definition) is 4. The summed E-state index contributed by atoms with van der Waals surface area (Å²) in [5, 5.41) is 2.14. The summed E-state index contributed by atoms with van der Waals surface area (Å²) in [6, 6.07) is 12.0. The quantitative estimate of drug-likeness (QED) is 0.671. The Morgan fingerprint density at radius 3 is 2.21 bits per heavy atom. The predicted molar refractivity (Wildman–Crippen MR) is 101 cm³/mol. The van der Waals surface area contributed by atoms with Crippen LogP contribution in [0.3, 0.4) is 0 Å². The van der Waals surface area contributed by atoms with E-state index in [4.69, 9.17) is 20.8 Å². The van der Waals surface area contributed by atoms with Crippen molar-refractivity contribution in [1.29, 1.82) is 0 Å². The maximum absolute atomic E-state index is 6.13. The van der Waals surface area contributed by atoms with Crippen molar-refractivity contribution in [2.24, 2.45) is 5.73 Å². The molecule has 1 heterocycles. The molecule has 2 aromatic rings. The molecule has 126 valence electrons. The predicted octanol–water partition coefficient (Wildman–Crippen LogP) is 3.40. The third kappa shape index (κ3) is 2.84. The van der Waals surface area contributed by atoms with Crippen molar-refractivity contribution >= 4 is 29.7 Å². The van der Waals surface area contributed by atoms with Crippen LogP contribution in [0.15, 0.2) is 41.9 Å². The minimum atomic E-state index is -0.434. The number of nitrogens with two attached hydrogens (primary N) is 2. The Morgan fingerprint density at radius 2 is 1.58 bits per heavy atom. The Kier molecular flexibility index (Phi) is 4.20. The fraction of sp³-hybridized carbons (Fsp3) is 0.368. The van der Waals surface area contributed by atoms with Gasteiger partial charge >= 0.3 is 7.12 Å². The lowest BCUT2D eigenvalue weighted by Gasteiger charge is -2.32. The molecule has 3 rings (SSSR count). The van der Waals surface area contributed by atoms with E-state index in [0.717, 1.165) is 27.5 Å². The van der Waals surface area contributed by atoms with Crippen LogP contribution in [0.4, 0.5) is 5.69 Å². The van der Waals surface area contributed by atoms with Gasteiger partial charge in [0.1, 0.15) is 0 Å². The molecule has 0 atom stereocenters. The molecule has 2 aromatic carbocycles. The van der Waals surface area contributed by atoms with Crippen LogP contribution in [-0.4, -0.2) is 24.9 Å². The van der Waals surface area contributed by atoms with E-state index >= 15 is 0 Å². The number of nitrogen functional groups attached to an aromatic ring is 1. The van der Waals surface area contributed by atoms with Crippen molar-refractivity contribution < 1.29 is 9.31 Å². The van der Waals surface area contributed by atoms with Gasteiger partial charge in [0, 0.05) is 17.6 Å². The van der Waals surface area contributed by atoms with E-state index in [1.54, 1.807) is 0 Å². The third-order valence-electron chi connectivity index (χ3n) is 5.12. The normalized spacial score (nSPS) is 19.9. The first-order valence-electron chi connectivity index (χ1n) is 8.28. The van der Waals surface area contributed by atoms with Crippen LogP contribution >= 0.6 is 0 Å². The van der Waals surface area contributed by atoms with Crippen molar-refractivity contribution in [1.82, 2.24) is 0 Å². The van der Waals surface area contributed by atoms with Crippen LogP contribution in [0, 0.1) is 0 Å². The Bertz CT molecular complexity index is 783. The van der Waals surface area contributed by atoms with Gasteiger partial charge in [-0.05, 0) is 50.2 Å². The van der Waals surface area contributed by atoms with Gasteiger partial charge < -0.3 is 20.8 Å². The largest absolute Gasteiger partial charge is 0.491 e. The van der Waals surface area contributed by atoms with Crippen molar-refractivity contribution in [2.45, 2.75) is 38.9 Å². The number of fused-ring (bicyclic) bond motifs is 1. The lowest BCUT2D eigenvalue weighted by atomic mass is 9.77. The van der Waals surface area contributed by atoms with Crippen LogP contribution < -0.4 is 11.5 Å². The molecule has 0 aliphatic carbocycles. The van der Waals surface area contributed by atoms with Crippen LogP contribution in [0.5, 0.6) is 0 Å². The molecule has 4 nitrogen and oxygen atoms in total. The highest BCUT2D eigenvalue weighted by molar-refractivity contribution is 6.56. The average molecular weight is 324 g/mol. The number of anilines is 1. The Morgan fingerprint density at radius 1 is 1.00 bits per heavy atom. The number of hydrogen-bond donors (Lipinski definition) is 2. The molecule has 0 radical (unpaired) electrons. The molecule has 4 N–H and O–H groups in total. The Labute approximate surface area is 144 Å². The van der Waals surface area contributed by atoms with E-state index < -0.39 is 7.12 Å². The molecule has 24 heavy (non-hydrogen) atoms. The van der Waals surface area contributed by atoms with E-state index in [1.807, 2.05) is 52.0 Å². The van der Waals surface area contributed by atoms with Gasteiger partial charge in [-0.15, -0.1) is 0 Å². The lowest BCUT2D eigenvalue weighted by molar-refractivity contribution is 0.00578. The van der Waals surface area contributed by atoms with Crippen LogP contribution in [0.2, 0.25) is 0 Å². The van der Waals surface area contributed by atoms with Crippen LogP contribution in [0.1, 0.15) is 33.3 Å². The van der Waals surface area contributed by atoms with E-state index in [-0.39, 0.29) is 11.2 Å². The molecular formula is C19H25BN2O2. The molecule has 0 saturated carbocycles. The summed E-state index contributed by atoms with van der Waals surface area (Å²) in [4.78, 5) is 0. The van der Waals surface area contributed by atoms with E-state index in [1.165, 1.54) is 0 Å². The van der Waals surface area contributed by atoms with Crippen molar-refractivity contribution in [2.75, 3.05) is 12.3 Å². The van der Waals surface area contributed by atoms with Crippen LogP contribution in [0.25, 0.3) is 16.8 Å². The maximum atomic E-state index is 6.13. The first-order chi connectivity index (χ1) is 11.2. The monoisotopic (exact) mass is 324 g/mol. The average Bonchev–Trinajstić information content (AvgIpc) is 2.73. The Hall–Kier alpha value is -1.82. The molecular weight excluding hydrogens is 299 g/mol. The summed E-state index contributed by atoms with van der Waals surface area (Å²) in [5.41, 5.74) is 14.1. The fourth-order valence-electron chi connectivity index (χ4n) is 2.90. The van der Waals surface area contributed by atoms with Gasteiger partial charge in [-0.2, -0.15) is 0 Å². The highest BCUT2D eigenvalue weighted by Crippen LogP contribution is 2.39. The van der Waals surface area contributed by atoms with Gasteiger partial charge in [0.25, 0.3) is 0 Å². The molecule has 0 bridgehead atoms. The van der Waals surface area contributed by atoms with Gasteiger partial charge in [-0.3, -0.25) is 0 Å². The minimum absolute atomic E-state index is 0.371. The summed E-state index contributed by atoms with van der Waals surface area (Å²) < 4.78 is 12.3. The summed E-state index contributed by atoms with van der Waals surface area (Å²) in [7, 11) is -0.434. The van der Waals surface area contributed by atoms with Crippen molar-refractivity contribution in [3.63, 3.8) is 0 Å². The van der Waals surface area contributed by atoms with Gasteiger partial charge in [0.2, 0.25) is 0 Å². The zero-order valence-electron chi connectivity index (χ0n) is 14.8. The van der Waals surface area contributed by atoms with Gasteiger partial charge in [0.05, 0.1) is 11.2 Å². The molecule has 0 amide bonds. The fourth-order valence-corrected chi connectivity index (χ4v) is 2.90. The second-order valence-electron chi connectivity index (χ2n) is 7.30.